The standard InChI is InChI=1S/C12H9ClO2/c1-8-4-2-3-5-10(8)9-6-11(13)15-12(14)7-9/h2-7H,1H3. The summed E-state index contributed by atoms with van der Waals surface area (Å²) in [5.74, 6) is 0. The minimum Gasteiger partial charge on any atom is -0.411 e. The Kier molecular flexibility index (Phi) is 2.60. The Morgan fingerprint density at radius 3 is 2.60 bits per heavy atom. The van der Waals surface area contributed by atoms with Gasteiger partial charge in [-0.15, -0.1) is 0 Å². The Morgan fingerprint density at radius 2 is 1.93 bits per heavy atom. The predicted molar refractivity (Wildman–Crippen MR) is 60.2 cm³/mol. The van der Waals surface area contributed by atoms with Crippen LogP contribution in [0.3, 0.4) is 0 Å². The zero-order valence-electron chi connectivity index (χ0n) is 8.16. The van der Waals surface area contributed by atoms with Gasteiger partial charge in [0.15, 0.2) is 5.22 Å². The van der Waals surface area contributed by atoms with Crippen molar-refractivity contribution in [3.63, 3.8) is 0 Å². The number of aryl methyl sites for hydroxylation is 1. The molecule has 3 heteroatoms. The molecule has 0 N–H and O–H groups in total. The third-order valence-corrected chi connectivity index (χ3v) is 2.38. The van der Waals surface area contributed by atoms with Gasteiger partial charge in [-0.1, -0.05) is 24.3 Å². The highest BCUT2D eigenvalue weighted by molar-refractivity contribution is 6.29. The lowest BCUT2D eigenvalue weighted by Gasteiger charge is -2.04. The summed E-state index contributed by atoms with van der Waals surface area (Å²) in [7, 11) is 0. The summed E-state index contributed by atoms with van der Waals surface area (Å²) < 4.78 is 4.69. The van der Waals surface area contributed by atoms with Gasteiger partial charge in [0.25, 0.3) is 0 Å². The molecule has 0 aliphatic carbocycles. The van der Waals surface area contributed by atoms with E-state index in [-0.39, 0.29) is 5.22 Å². The molecule has 0 spiro atoms. The first kappa shape index (κ1) is 9.99. The van der Waals surface area contributed by atoms with Crippen LogP contribution in [0.15, 0.2) is 45.6 Å². The summed E-state index contributed by atoms with van der Waals surface area (Å²) >= 11 is 5.69. The minimum atomic E-state index is -0.430. The van der Waals surface area contributed by atoms with E-state index in [1.54, 1.807) is 6.07 Å². The fourth-order valence-electron chi connectivity index (χ4n) is 1.50. The highest BCUT2D eigenvalue weighted by Gasteiger charge is 2.04. The molecule has 0 radical (unpaired) electrons. The molecule has 15 heavy (non-hydrogen) atoms. The first-order valence-electron chi connectivity index (χ1n) is 4.53. The van der Waals surface area contributed by atoms with E-state index >= 15 is 0 Å². The summed E-state index contributed by atoms with van der Waals surface area (Å²) in [4.78, 5) is 11.1. The van der Waals surface area contributed by atoms with Crippen LogP contribution in [0, 0.1) is 6.92 Å². The monoisotopic (exact) mass is 220 g/mol. The largest absolute Gasteiger partial charge is 0.411 e. The number of halogens is 1. The molecule has 1 aromatic carbocycles. The lowest BCUT2D eigenvalue weighted by Crippen LogP contribution is -1.97. The van der Waals surface area contributed by atoms with Crippen molar-refractivity contribution in [2.24, 2.45) is 0 Å². The van der Waals surface area contributed by atoms with E-state index in [0.29, 0.717) is 0 Å². The highest BCUT2D eigenvalue weighted by Crippen LogP contribution is 2.23. The molecule has 0 aliphatic heterocycles. The van der Waals surface area contributed by atoms with Crippen LogP contribution in [0.5, 0.6) is 0 Å². The zero-order valence-corrected chi connectivity index (χ0v) is 8.91. The second-order valence-electron chi connectivity index (χ2n) is 3.28. The van der Waals surface area contributed by atoms with Gasteiger partial charge in [-0.3, -0.25) is 0 Å². The van der Waals surface area contributed by atoms with Crippen molar-refractivity contribution in [3.05, 3.63) is 57.6 Å². The van der Waals surface area contributed by atoms with Crippen LogP contribution in [-0.4, -0.2) is 0 Å². The molecule has 1 heterocycles. The maximum absolute atomic E-state index is 11.1. The SMILES string of the molecule is Cc1ccccc1-c1cc(Cl)oc(=O)c1. The van der Waals surface area contributed by atoms with Crippen molar-refractivity contribution in [2.45, 2.75) is 6.92 Å². The minimum absolute atomic E-state index is 0.112. The van der Waals surface area contributed by atoms with Crippen molar-refractivity contribution in [1.82, 2.24) is 0 Å². The zero-order chi connectivity index (χ0) is 10.8. The Labute approximate surface area is 92.1 Å². The summed E-state index contributed by atoms with van der Waals surface area (Å²) in [6.45, 7) is 1.98. The van der Waals surface area contributed by atoms with Crippen LogP contribution in [0.2, 0.25) is 5.22 Å². The summed E-state index contributed by atoms with van der Waals surface area (Å²) in [6.07, 6.45) is 0. The van der Waals surface area contributed by atoms with E-state index in [0.717, 1.165) is 16.7 Å². The number of rotatable bonds is 1. The van der Waals surface area contributed by atoms with Crippen molar-refractivity contribution in [2.75, 3.05) is 0 Å². The molecule has 2 rings (SSSR count). The van der Waals surface area contributed by atoms with Crippen molar-refractivity contribution in [3.8, 4) is 11.1 Å². The van der Waals surface area contributed by atoms with E-state index in [4.69, 9.17) is 11.6 Å². The molecular weight excluding hydrogens is 212 g/mol. The molecule has 1 aromatic heterocycles. The summed E-state index contributed by atoms with van der Waals surface area (Å²) in [5.41, 5.74) is 2.45. The van der Waals surface area contributed by atoms with Gasteiger partial charge in [-0.25, -0.2) is 4.79 Å². The van der Waals surface area contributed by atoms with Gasteiger partial charge in [-0.05, 0) is 35.2 Å². The quantitative estimate of drug-likeness (QED) is 0.739. The predicted octanol–water partition coefficient (Wildman–Crippen LogP) is 3.27. The van der Waals surface area contributed by atoms with Crippen LogP contribution in [0.25, 0.3) is 11.1 Å². The molecular formula is C12H9ClO2. The van der Waals surface area contributed by atoms with Gasteiger partial charge in [0.2, 0.25) is 0 Å². The number of hydrogen-bond donors (Lipinski definition) is 0. The van der Waals surface area contributed by atoms with Gasteiger partial charge >= 0.3 is 5.63 Å². The van der Waals surface area contributed by atoms with E-state index in [1.165, 1.54) is 6.07 Å². The van der Waals surface area contributed by atoms with Gasteiger partial charge in [0, 0.05) is 12.1 Å². The van der Waals surface area contributed by atoms with Crippen LogP contribution in [-0.2, 0) is 0 Å². The summed E-state index contributed by atoms with van der Waals surface area (Å²) in [5, 5.41) is 0.112. The maximum Gasteiger partial charge on any atom is 0.337 e. The Balaban J connectivity index is 2.64. The smallest absolute Gasteiger partial charge is 0.337 e. The molecule has 0 saturated heterocycles. The highest BCUT2D eigenvalue weighted by atomic mass is 35.5. The van der Waals surface area contributed by atoms with E-state index in [1.807, 2.05) is 31.2 Å². The number of hydrogen-bond acceptors (Lipinski definition) is 2. The fourth-order valence-corrected chi connectivity index (χ4v) is 1.69. The van der Waals surface area contributed by atoms with Crippen molar-refractivity contribution >= 4 is 11.6 Å². The second-order valence-corrected chi connectivity index (χ2v) is 3.66. The molecule has 76 valence electrons. The topological polar surface area (TPSA) is 30.2 Å². The molecule has 0 unspecified atom stereocenters. The third-order valence-electron chi connectivity index (χ3n) is 2.20. The van der Waals surface area contributed by atoms with Gasteiger partial charge < -0.3 is 4.42 Å². The molecule has 2 nitrogen and oxygen atoms in total. The van der Waals surface area contributed by atoms with Gasteiger partial charge in [0.05, 0.1) is 0 Å². The first-order valence-corrected chi connectivity index (χ1v) is 4.91. The lowest BCUT2D eigenvalue weighted by atomic mass is 10.0. The molecule has 0 aliphatic rings. The molecule has 0 amide bonds. The Bertz CT molecular complexity index is 543. The summed E-state index contributed by atoms with van der Waals surface area (Å²) in [6, 6.07) is 10.9. The third kappa shape index (κ3) is 2.10. The maximum atomic E-state index is 11.1. The number of benzene rings is 1. The van der Waals surface area contributed by atoms with E-state index in [9.17, 15) is 4.79 Å². The molecule has 0 bridgehead atoms. The van der Waals surface area contributed by atoms with Gasteiger partial charge in [0.1, 0.15) is 0 Å². The van der Waals surface area contributed by atoms with E-state index < -0.39 is 5.63 Å². The fraction of sp³-hybridized carbons (Fsp3) is 0.0833. The lowest BCUT2D eigenvalue weighted by molar-refractivity contribution is 0.513. The Morgan fingerprint density at radius 1 is 1.20 bits per heavy atom. The normalized spacial score (nSPS) is 10.3. The van der Waals surface area contributed by atoms with Crippen LogP contribution >= 0.6 is 11.6 Å². The molecule has 0 saturated carbocycles. The first-order chi connectivity index (χ1) is 7.16. The molecule has 2 aromatic rings. The van der Waals surface area contributed by atoms with Crippen molar-refractivity contribution in [1.29, 1.82) is 0 Å². The van der Waals surface area contributed by atoms with Crippen LogP contribution < -0.4 is 5.63 Å². The molecule has 0 atom stereocenters. The van der Waals surface area contributed by atoms with E-state index in [2.05, 4.69) is 4.42 Å². The average molecular weight is 221 g/mol. The average Bonchev–Trinajstić information content (AvgIpc) is 2.16. The van der Waals surface area contributed by atoms with Crippen LogP contribution in [0.4, 0.5) is 0 Å². The van der Waals surface area contributed by atoms with Crippen LogP contribution in [0.1, 0.15) is 5.56 Å². The second kappa shape index (κ2) is 3.91. The van der Waals surface area contributed by atoms with Crippen molar-refractivity contribution < 1.29 is 4.42 Å². The molecule has 0 fully saturated rings. The Hall–Kier alpha value is -1.54. The van der Waals surface area contributed by atoms with Gasteiger partial charge in [-0.2, -0.15) is 0 Å².